The minimum Gasteiger partial charge on any atom is -0.303 e. The van der Waals surface area contributed by atoms with Crippen LogP contribution in [0.4, 0.5) is 11.4 Å². The molecule has 5 heteroatoms. The fourth-order valence-corrected chi connectivity index (χ4v) is 4.91. The molecule has 0 atom stereocenters. The summed E-state index contributed by atoms with van der Waals surface area (Å²) in [6.45, 7) is 3.94. The second kappa shape index (κ2) is 7.03. The van der Waals surface area contributed by atoms with Gasteiger partial charge in [-0.05, 0) is 74.8 Å². The number of rotatable bonds is 2. The van der Waals surface area contributed by atoms with Crippen molar-refractivity contribution >= 4 is 34.6 Å². The molecule has 0 aromatic heterocycles. The summed E-state index contributed by atoms with van der Waals surface area (Å²) in [5.74, 6) is 0.0573. The molecule has 0 radical (unpaired) electrons. The molecule has 2 aromatic carbocycles. The summed E-state index contributed by atoms with van der Waals surface area (Å²) >= 11 is 5.86. The molecular weight excluding hydrogens is 366 g/mol. The zero-order valence-corrected chi connectivity index (χ0v) is 17.1. The summed E-state index contributed by atoms with van der Waals surface area (Å²) in [4.78, 5) is 17.5. The van der Waals surface area contributed by atoms with Crippen LogP contribution in [0.2, 0.25) is 0 Å². The van der Waals surface area contributed by atoms with Gasteiger partial charge in [0.15, 0.2) is 5.11 Å². The van der Waals surface area contributed by atoms with Crippen LogP contribution in [0.15, 0.2) is 42.5 Å². The molecular formula is C23H23N3OS. The van der Waals surface area contributed by atoms with E-state index in [2.05, 4.69) is 42.2 Å². The van der Waals surface area contributed by atoms with E-state index >= 15 is 0 Å². The lowest BCUT2D eigenvalue weighted by atomic mass is 9.80. The van der Waals surface area contributed by atoms with Crippen LogP contribution in [0.5, 0.6) is 0 Å². The van der Waals surface area contributed by atoms with Gasteiger partial charge in [0.05, 0.1) is 17.3 Å². The maximum atomic E-state index is 13.7. The summed E-state index contributed by atoms with van der Waals surface area (Å²) in [5, 5.41) is 9.75. The highest BCUT2D eigenvalue weighted by molar-refractivity contribution is 7.81. The first-order chi connectivity index (χ1) is 13.5. The molecule has 1 saturated heterocycles. The Hall–Kier alpha value is -2.71. The fourth-order valence-electron chi connectivity index (χ4n) is 4.44. The molecule has 1 amide bonds. The SMILES string of the molecule is Cc1ccc(N2C(=S)N(c3ccc(C#N)c(C)c3)C(=O)C23CCCCC3)cc1. The molecule has 1 spiro atoms. The third-order valence-corrected chi connectivity index (χ3v) is 6.34. The first kappa shape index (κ1) is 18.6. The molecule has 4 nitrogen and oxygen atoms in total. The van der Waals surface area contributed by atoms with Crippen molar-refractivity contribution in [2.45, 2.75) is 51.5 Å². The second-order valence-corrected chi connectivity index (χ2v) is 8.16. The number of carbonyl (C=O) groups is 1. The molecule has 2 aromatic rings. The summed E-state index contributed by atoms with van der Waals surface area (Å²) in [6.07, 6.45) is 4.82. The average molecular weight is 390 g/mol. The van der Waals surface area contributed by atoms with Gasteiger partial charge in [-0.2, -0.15) is 5.26 Å². The highest BCUT2D eigenvalue weighted by Crippen LogP contribution is 2.44. The van der Waals surface area contributed by atoms with Crippen LogP contribution in [-0.4, -0.2) is 16.6 Å². The topological polar surface area (TPSA) is 47.3 Å². The molecule has 2 fully saturated rings. The molecule has 0 N–H and O–H groups in total. The van der Waals surface area contributed by atoms with Crippen LogP contribution in [0, 0.1) is 25.2 Å². The number of hydrogen-bond donors (Lipinski definition) is 0. The van der Waals surface area contributed by atoms with Crippen LogP contribution in [0.3, 0.4) is 0 Å². The predicted octanol–water partition coefficient (Wildman–Crippen LogP) is 5.02. The quantitative estimate of drug-likeness (QED) is 0.677. The van der Waals surface area contributed by atoms with E-state index in [1.807, 2.05) is 19.1 Å². The second-order valence-electron chi connectivity index (χ2n) is 7.80. The molecule has 4 rings (SSSR count). The van der Waals surface area contributed by atoms with Gasteiger partial charge in [0, 0.05) is 5.69 Å². The van der Waals surface area contributed by atoms with E-state index in [4.69, 9.17) is 12.2 Å². The zero-order valence-electron chi connectivity index (χ0n) is 16.2. The Morgan fingerprint density at radius 3 is 2.25 bits per heavy atom. The number of thiocarbonyl (C=S) groups is 1. The summed E-state index contributed by atoms with van der Waals surface area (Å²) in [7, 11) is 0. The third-order valence-electron chi connectivity index (χ3n) is 5.97. The van der Waals surface area contributed by atoms with E-state index < -0.39 is 5.54 Å². The standard InChI is InChI=1S/C23H23N3OS/c1-16-6-9-19(10-7-16)26-22(28)25(20-11-8-18(15-24)17(2)14-20)21(27)23(26)12-4-3-5-13-23/h6-11,14H,3-5,12-13H2,1-2H3. The van der Waals surface area contributed by atoms with E-state index in [1.54, 1.807) is 11.0 Å². The van der Waals surface area contributed by atoms with Gasteiger partial charge in [0.2, 0.25) is 0 Å². The summed E-state index contributed by atoms with van der Waals surface area (Å²) in [6, 6.07) is 15.9. The Labute approximate surface area is 171 Å². The third kappa shape index (κ3) is 2.80. The maximum Gasteiger partial charge on any atom is 0.259 e. The summed E-state index contributed by atoms with van der Waals surface area (Å²) in [5.41, 5.74) is 3.75. The van der Waals surface area contributed by atoms with E-state index in [1.165, 1.54) is 5.56 Å². The van der Waals surface area contributed by atoms with Crippen LogP contribution < -0.4 is 9.80 Å². The Bertz CT molecular complexity index is 984. The number of carbonyl (C=O) groups excluding carboxylic acids is 1. The van der Waals surface area contributed by atoms with Gasteiger partial charge in [-0.3, -0.25) is 9.69 Å². The van der Waals surface area contributed by atoms with Crippen LogP contribution in [-0.2, 0) is 4.79 Å². The zero-order chi connectivity index (χ0) is 19.9. The first-order valence-electron chi connectivity index (χ1n) is 9.74. The monoisotopic (exact) mass is 389 g/mol. The van der Waals surface area contributed by atoms with E-state index in [9.17, 15) is 10.1 Å². The Kier molecular flexibility index (Phi) is 4.68. The molecule has 0 bridgehead atoms. The van der Waals surface area contributed by atoms with Gasteiger partial charge in [-0.1, -0.05) is 37.0 Å². The fraction of sp³-hybridized carbons (Fsp3) is 0.348. The van der Waals surface area contributed by atoms with Crippen LogP contribution in [0.25, 0.3) is 0 Å². The number of nitrogens with zero attached hydrogens (tertiary/aromatic N) is 3. The number of hydrogen-bond acceptors (Lipinski definition) is 3. The van der Waals surface area contributed by atoms with Crippen molar-refractivity contribution in [3.8, 4) is 6.07 Å². The van der Waals surface area contributed by atoms with Crippen molar-refractivity contribution in [3.05, 3.63) is 59.2 Å². The molecule has 1 aliphatic carbocycles. The van der Waals surface area contributed by atoms with Gasteiger partial charge >= 0.3 is 0 Å². The average Bonchev–Trinajstić information content (AvgIpc) is 2.90. The van der Waals surface area contributed by atoms with Gasteiger partial charge < -0.3 is 4.90 Å². The lowest BCUT2D eigenvalue weighted by Crippen LogP contribution is -2.51. The molecule has 1 aliphatic heterocycles. The molecule has 0 unspecified atom stereocenters. The smallest absolute Gasteiger partial charge is 0.259 e. The maximum absolute atomic E-state index is 13.7. The van der Waals surface area contributed by atoms with E-state index in [-0.39, 0.29) is 5.91 Å². The van der Waals surface area contributed by atoms with Crippen molar-refractivity contribution in [2.24, 2.45) is 0 Å². The van der Waals surface area contributed by atoms with Gasteiger partial charge in [-0.15, -0.1) is 0 Å². The highest BCUT2D eigenvalue weighted by atomic mass is 32.1. The number of amides is 1. The highest BCUT2D eigenvalue weighted by Gasteiger charge is 2.56. The molecule has 28 heavy (non-hydrogen) atoms. The van der Waals surface area contributed by atoms with Crippen LogP contribution in [0.1, 0.15) is 48.8 Å². The van der Waals surface area contributed by atoms with Crippen molar-refractivity contribution in [3.63, 3.8) is 0 Å². The number of anilines is 2. The van der Waals surface area contributed by atoms with Crippen molar-refractivity contribution in [2.75, 3.05) is 9.80 Å². The molecule has 1 saturated carbocycles. The van der Waals surface area contributed by atoms with Crippen molar-refractivity contribution in [1.82, 2.24) is 0 Å². The predicted molar refractivity (Wildman–Crippen MR) is 115 cm³/mol. The largest absolute Gasteiger partial charge is 0.303 e. The lowest BCUT2D eigenvalue weighted by Gasteiger charge is -2.39. The van der Waals surface area contributed by atoms with Gasteiger partial charge in [0.1, 0.15) is 5.54 Å². The Morgan fingerprint density at radius 2 is 1.64 bits per heavy atom. The van der Waals surface area contributed by atoms with E-state index in [0.717, 1.165) is 49.0 Å². The Morgan fingerprint density at radius 1 is 1.00 bits per heavy atom. The van der Waals surface area contributed by atoms with Crippen molar-refractivity contribution < 1.29 is 4.79 Å². The van der Waals surface area contributed by atoms with E-state index in [0.29, 0.717) is 10.7 Å². The molecule has 142 valence electrons. The minimum atomic E-state index is -0.605. The number of benzene rings is 2. The van der Waals surface area contributed by atoms with Crippen molar-refractivity contribution in [1.29, 1.82) is 5.26 Å². The molecule has 1 heterocycles. The normalized spacial score (nSPS) is 18.6. The van der Waals surface area contributed by atoms with Crippen LogP contribution >= 0.6 is 12.2 Å². The lowest BCUT2D eigenvalue weighted by molar-refractivity contribution is -0.122. The molecule has 2 aliphatic rings. The summed E-state index contributed by atoms with van der Waals surface area (Å²) < 4.78 is 0. The van der Waals surface area contributed by atoms with Gasteiger partial charge in [0.25, 0.3) is 5.91 Å². The number of nitriles is 1. The first-order valence-corrected chi connectivity index (χ1v) is 10.1. The minimum absolute atomic E-state index is 0.0573. The number of aryl methyl sites for hydroxylation is 2. The Balaban J connectivity index is 1.83. The van der Waals surface area contributed by atoms with Gasteiger partial charge in [-0.25, -0.2) is 0 Å².